The van der Waals surface area contributed by atoms with Crippen molar-refractivity contribution in [1.82, 2.24) is 9.97 Å². The average molecular weight is 364 g/mol. The maximum absolute atomic E-state index is 11.3. The number of halogens is 2. The molecule has 0 unspecified atom stereocenters. The highest BCUT2D eigenvalue weighted by atomic mass is 127. The summed E-state index contributed by atoms with van der Waals surface area (Å²) in [5.41, 5.74) is 5.87. The van der Waals surface area contributed by atoms with Gasteiger partial charge < -0.3 is 15.5 Å². The highest BCUT2D eigenvalue weighted by Gasteiger charge is 2.10. The van der Waals surface area contributed by atoms with Crippen LogP contribution in [0.4, 0.5) is 5.69 Å². The van der Waals surface area contributed by atoms with E-state index in [-0.39, 0.29) is 11.4 Å². The summed E-state index contributed by atoms with van der Waals surface area (Å²) in [6.45, 7) is 0. The summed E-state index contributed by atoms with van der Waals surface area (Å²) in [6.07, 6.45) is 1.26. The van der Waals surface area contributed by atoms with Crippen molar-refractivity contribution in [2.24, 2.45) is 0 Å². The van der Waals surface area contributed by atoms with Crippen molar-refractivity contribution < 1.29 is 4.74 Å². The molecule has 0 amide bonds. The van der Waals surface area contributed by atoms with Crippen molar-refractivity contribution in [1.29, 1.82) is 0 Å². The van der Waals surface area contributed by atoms with E-state index in [1.165, 1.54) is 6.33 Å². The first-order valence-corrected chi connectivity index (χ1v) is 5.99. The fourth-order valence-electron chi connectivity index (χ4n) is 1.14. The summed E-state index contributed by atoms with van der Waals surface area (Å²) < 4.78 is 5.80. The molecule has 0 radical (unpaired) electrons. The smallest absolute Gasteiger partial charge is 0.268 e. The van der Waals surface area contributed by atoms with Crippen molar-refractivity contribution >= 4 is 39.9 Å². The van der Waals surface area contributed by atoms with Gasteiger partial charge in [-0.25, -0.2) is 4.98 Å². The second kappa shape index (κ2) is 4.92. The molecule has 17 heavy (non-hydrogen) atoms. The van der Waals surface area contributed by atoms with Crippen molar-refractivity contribution in [2.75, 3.05) is 5.73 Å². The lowest BCUT2D eigenvalue weighted by atomic mass is 10.3. The SMILES string of the molecule is Nc1ccc(Cl)c(Oc2nc[nH]c(=O)c2I)c1. The van der Waals surface area contributed by atoms with Gasteiger partial charge in [-0.3, -0.25) is 4.79 Å². The molecule has 1 heterocycles. The number of hydrogen-bond donors (Lipinski definition) is 2. The Morgan fingerprint density at radius 2 is 2.24 bits per heavy atom. The zero-order valence-corrected chi connectivity index (χ0v) is 11.3. The third kappa shape index (κ3) is 2.70. The Morgan fingerprint density at radius 1 is 1.47 bits per heavy atom. The van der Waals surface area contributed by atoms with Gasteiger partial charge in [0.1, 0.15) is 9.32 Å². The first kappa shape index (κ1) is 12.2. The highest BCUT2D eigenvalue weighted by Crippen LogP contribution is 2.31. The molecule has 0 aliphatic carbocycles. The van der Waals surface area contributed by atoms with Gasteiger partial charge in [-0.1, -0.05) is 11.6 Å². The maximum Gasteiger partial charge on any atom is 0.268 e. The lowest BCUT2D eigenvalue weighted by Gasteiger charge is -2.07. The molecule has 0 fully saturated rings. The molecule has 0 aliphatic heterocycles. The van der Waals surface area contributed by atoms with Crippen LogP contribution in [-0.4, -0.2) is 9.97 Å². The first-order valence-electron chi connectivity index (χ1n) is 4.54. The number of aromatic amines is 1. The Balaban J connectivity index is 2.41. The van der Waals surface area contributed by atoms with Gasteiger partial charge in [0.05, 0.1) is 11.3 Å². The van der Waals surface area contributed by atoms with E-state index in [4.69, 9.17) is 22.1 Å². The Labute approximate surface area is 115 Å². The molecular formula is C10H7ClIN3O2. The van der Waals surface area contributed by atoms with E-state index in [0.717, 1.165) is 0 Å². The Kier molecular flexibility index (Phi) is 3.53. The van der Waals surface area contributed by atoms with Crippen LogP contribution in [0, 0.1) is 3.57 Å². The summed E-state index contributed by atoms with van der Waals surface area (Å²) >= 11 is 7.79. The molecule has 0 saturated heterocycles. The van der Waals surface area contributed by atoms with Crippen molar-refractivity contribution in [3.05, 3.63) is 43.5 Å². The molecule has 2 rings (SSSR count). The van der Waals surface area contributed by atoms with Gasteiger partial charge in [0, 0.05) is 11.8 Å². The number of benzene rings is 1. The molecule has 1 aromatic heterocycles. The van der Waals surface area contributed by atoms with Crippen LogP contribution in [-0.2, 0) is 0 Å². The monoisotopic (exact) mass is 363 g/mol. The molecule has 0 aliphatic rings. The van der Waals surface area contributed by atoms with Crippen LogP contribution in [0.2, 0.25) is 5.02 Å². The molecule has 7 heteroatoms. The van der Waals surface area contributed by atoms with E-state index in [2.05, 4.69) is 9.97 Å². The third-order valence-corrected chi connectivity index (χ3v) is 3.19. The second-order valence-corrected chi connectivity index (χ2v) is 4.63. The standard InChI is InChI=1S/C10H7ClIN3O2/c11-6-2-1-5(13)3-7(6)17-10-8(12)9(16)14-4-15-10/h1-4H,13H2,(H,14,15,16). The van der Waals surface area contributed by atoms with E-state index < -0.39 is 0 Å². The van der Waals surface area contributed by atoms with Gasteiger partial charge in [0.2, 0.25) is 5.88 Å². The number of H-pyrrole nitrogens is 1. The summed E-state index contributed by atoms with van der Waals surface area (Å²) in [7, 11) is 0. The van der Waals surface area contributed by atoms with Crippen molar-refractivity contribution in [3.8, 4) is 11.6 Å². The highest BCUT2D eigenvalue weighted by molar-refractivity contribution is 14.1. The number of nitrogens with two attached hydrogens (primary N) is 1. The fourth-order valence-corrected chi connectivity index (χ4v) is 1.70. The first-order chi connectivity index (χ1) is 8.08. The summed E-state index contributed by atoms with van der Waals surface area (Å²) in [4.78, 5) is 17.7. The molecule has 2 aromatic rings. The number of hydrogen-bond acceptors (Lipinski definition) is 4. The maximum atomic E-state index is 11.3. The van der Waals surface area contributed by atoms with Gasteiger partial charge in [-0.2, -0.15) is 0 Å². The average Bonchev–Trinajstić information content (AvgIpc) is 2.30. The van der Waals surface area contributed by atoms with Crippen LogP contribution >= 0.6 is 34.2 Å². The quantitative estimate of drug-likeness (QED) is 0.634. The van der Waals surface area contributed by atoms with E-state index in [1.807, 2.05) is 22.6 Å². The molecular weight excluding hydrogens is 356 g/mol. The van der Waals surface area contributed by atoms with Crippen LogP contribution in [0.1, 0.15) is 0 Å². The third-order valence-electron chi connectivity index (χ3n) is 1.93. The van der Waals surface area contributed by atoms with Gasteiger partial charge in [-0.15, -0.1) is 0 Å². The molecule has 1 aromatic carbocycles. The predicted octanol–water partition coefficient (Wildman–Crippen LogP) is 2.40. The van der Waals surface area contributed by atoms with Crippen LogP contribution in [0.3, 0.4) is 0 Å². The topological polar surface area (TPSA) is 81.0 Å². The number of nitrogens with zero attached hydrogens (tertiary/aromatic N) is 1. The minimum atomic E-state index is -0.268. The fraction of sp³-hybridized carbons (Fsp3) is 0. The van der Waals surface area contributed by atoms with Crippen LogP contribution < -0.4 is 16.0 Å². The number of aromatic nitrogens is 2. The number of ether oxygens (including phenoxy) is 1. The number of nitrogen functional groups attached to an aromatic ring is 1. The van der Waals surface area contributed by atoms with E-state index in [9.17, 15) is 4.79 Å². The molecule has 5 nitrogen and oxygen atoms in total. The number of anilines is 1. The molecule has 0 bridgehead atoms. The number of rotatable bonds is 2. The number of nitrogens with one attached hydrogen (secondary N) is 1. The van der Waals surface area contributed by atoms with Crippen LogP contribution in [0.15, 0.2) is 29.3 Å². The predicted molar refractivity (Wildman–Crippen MR) is 73.5 cm³/mol. The van der Waals surface area contributed by atoms with Gasteiger partial charge in [0.25, 0.3) is 5.56 Å². The Bertz CT molecular complexity index is 615. The Hall–Kier alpha value is -1.28. The largest absolute Gasteiger partial charge is 0.436 e. The van der Waals surface area contributed by atoms with Gasteiger partial charge in [0.15, 0.2) is 0 Å². The normalized spacial score (nSPS) is 10.2. The lowest BCUT2D eigenvalue weighted by molar-refractivity contribution is 0.457. The zero-order chi connectivity index (χ0) is 12.4. The van der Waals surface area contributed by atoms with E-state index in [1.54, 1.807) is 18.2 Å². The molecule has 0 spiro atoms. The summed E-state index contributed by atoms with van der Waals surface area (Å²) in [5, 5.41) is 0.400. The molecule has 3 N–H and O–H groups in total. The van der Waals surface area contributed by atoms with Crippen LogP contribution in [0.25, 0.3) is 0 Å². The van der Waals surface area contributed by atoms with Crippen molar-refractivity contribution in [2.45, 2.75) is 0 Å². The minimum absolute atomic E-state index is 0.196. The molecule has 88 valence electrons. The van der Waals surface area contributed by atoms with Gasteiger partial charge >= 0.3 is 0 Å². The molecule has 0 saturated carbocycles. The second-order valence-electron chi connectivity index (χ2n) is 3.14. The Morgan fingerprint density at radius 3 is 3.00 bits per heavy atom. The summed E-state index contributed by atoms with van der Waals surface area (Å²) in [6, 6.07) is 4.85. The zero-order valence-electron chi connectivity index (χ0n) is 8.41. The van der Waals surface area contributed by atoms with Crippen LogP contribution in [0.5, 0.6) is 11.6 Å². The summed E-state index contributed by atoms with van der Waals surface area (Å²) in [5.74, 6) is 0.560. The lowest BCUT2D eigenvalue weighted by Crippen LogP contribution is -2.11. The van der Waals surface area contributed by atoms with Crippen molar-refractivity contribution in [3.63, 3.8) is 0 Å². The molecule has 0 atom stereocenters. The van der Waals surface area contributed by atoms with Gasteiger partial charge in [-0.05, 0) is 34.7 Å². The van der Waals surface area contributed by atoms with E-state index >= 15 is 0 Å². The van der Waals surface area contributed by atoms with E-state index in [0.29, 0.717) is 20.0 Å². The minimum Gasteiger partial charge on any atom is -0.436 e.